The van der Waals surface area contributed by atoms with Crippen LogP contribution < -0.4 is 11.3 Å². The minimum absolute atomic E-state index is 0.577. The van der Waals surface area contributed by atoms with Crippen molar-refractivity contribution in [3.8, 4) is 0 Å². The lowest BCUT2D eigenvalue weighted by Crippen LogP contribution is -2.11. The van der Waals surface area contributed by atoms with E-state index in [0.717, 1.165) is 16.2 Å². The molecule has 0 amide bonds. The van der Waals surface area contributed by atoms with E-state index in [1.807, 2.05) is 7.05 Å². The maximum absolute atomic E-state index is 5.48. The lowest BCUT2D eigenvalue weighted by Gasteiger charge is -2.04. The molecule has 3 aromatic heterocycles. The number of aromatic nitrogens is 6. The summed E-state index contributed by atoms with van der Waals surface area (Å²) in [6, 6.07) is 0. The number of nitrogens with two attached hydrogens (primary N) is 1. The molecular weight excluding hydrogens is 264 g/mol. The number of anilines is 1. The van der Waals surface area contributed by atoms with Gasteiger partial charge in [-0.2, -0.15) is 5.10 Å². The fourth-order valence-corrected chi connectivity index (χ4v) is 2.39. The van der Waals surface area contributed by atoms with E-state index < -0.39 is 0 Å². The lowest BCUT2D eigenvalue weighted by molar-refractivity contribution is 0.782. The summed E-state index contributed by atoms with van der Waals surface area (Å²) in [5, 5.41) is 5.78. The zero-order valence-corrected chi connectivity index (χ0v) is 11.0. The van der Waals surface area contributed by atoms with E-state index >= 15 is 0 Å². The minimum atomic E-state index is 0.577. The first-order chi connectivity index (χ1) is 9.28. The van der Waals surface area contributed by atoms with Gasteiger partial charge in [-0.3, -0.25) is 4.68 Å². The number of rotatable bonds is 4. The Kier molecular flexibility index (Phi) is 3.05. The molecule has 0 atom stereocenters. The Morgan fingerprint density at radius 1 is 1.47 bits per heavy atom. The smallest absolute Gasteiger partial charge is 0.165 e. The third-order valence-corrected chi connectivity index (χ3v) is 3.49. The second-order valence-corrected chi connectivity index (χ2v) is 4.79. The molecule has 0 spiro atoms. The number of fused-ring (bicyclic) bond motifs is 1. The van der Waals surface area contributed by atoms with Crippen LogP contribution in [0.2, 0.25) is 0 Å². The molecule has 0 aromatic carbocycles. The summed E-state index contributed by atoms with van der Waals surface area (Å²) in [4.78, 5) is 16.0. The van der Waals surface area contributed by atoms with E-state index in [1.54, 1.807) is 23.3 Å². The molecule has 3 rings (SSSR count). The topological polar surface area (TPSA) is 110 Å². The van der Waals surface area contributed by atoms with E-state index in [1.165, 1.54) is 11.8 Å². The molecule has 98 valence electrons. The number of hydrazine groups is 1. The largest absolute Gasteiger partial charge is 0.340 e. The van der Waals surface area contributed by atoms with Crippen molar-refractivity contribution in [3.05, 3.63) is 24.4 Å². The Morgan fingerprint density at radius 3 is 3.11 bits per heavy atom. The zero-order chi connectivity index (χ0) is 13.2. The third-order valence-electron chi connectivity index (χ3n) is 2.59. The van der Waals surface area contributed by atoms with Crippen molar-refractivity contribution < 1.29 is 0 Å². The van der Waals surface area contributed by atoms with Gasteiger partial charge in [-0.15, -0.1) is 0 Å². The van der Waals surface area contributed by atoms with Crippen molar-refractivity contribution in [1.29, 1.82) is 0 Å². The summed E-state index contributed by atoms with van der Waals surface area (Å²) in [5.41, 5.74) is 3.33. The molecule has 19 heavy (non-hydrogen) atoms. The Balaban J connectivity index is 1.92. The molecule has 0 radical (unpaired) electrons. The number of thioether (sulfide) groups is 1. The molecular formula is C10H12N8S. The van der Waals surface area contributed by atoms with Crippen molar-refractivity contribution in [2.45, 2.75) is 10.9 Å². The SMILES string of the molecule is Cn1ncc2c(NN)nc(CSc3ncc[nH]3)nc21. The fourth-order valence-electron chi connectivity index (χ4n) is 1.70. The summed E-state index contributed by atoms with van der Waals surface area (Å²) in [7, 11) is 1.83. The Labute approximate surface area is 112 Å². The normalized spacial score (nSPS) is 11.1. The number of aromatic amines is 1. The summed E-state index contributed by atoms with van der Waals surface area (Å²) in [6.45, 7) is 0. The van der Waals surface area contributed by atoms with E-state index in [4.69, 9.17) is 5.84 Å². The molecule has 3 aromatic rings. The minimum Gasteiger partial charge on any atom is -0.340 e. The number of hydrogen-bond acceptors (Lipinski definition) is 7. The predicted molar refractivity (Wildman–Crippen MR) is 72.3 cm³/mol. The zero-order valence-electron chi connectivity index (χ0n) is 10.2. The van der Waals surface area contributed by atoms with Crippen LogP contribution in [-0.4, -0.2) is 29.7 Å². The maximum Gasteiger partial charge on any atom is 0.165 e. The highest BCUT2D eigenvalue weighted by Crippen LogP contribution is 2.22. The van der Waals surface area contributed by atoms with Crippen molar-refractivity contribution in [3.63, 3.8) is 0 Å². The van der Waals surface area contributed by atoms with Crippen LogP contribution in [0.5, 0.6) is 0 Å². The van der Waals surface area contributed by atoms with Crippen molar-refractivity contribution in [1.82, 2.24) is 29.7 Å². The lowest BCUT2D eigenvalue weighted by atomic mass is 10.4. The number of nitrogens with zero attached hydrogens (tertiary/aromatic N) is 5. The molecule has 0 unspecified atom stereocenters. The first-order valence-electron chi connectivity index (χ1n) is 5.55. The Morgan fingerprint density at radius 2 is 2.37 bits per heavy atom. The molecule has 8 nitrogen and oxygen atoms in total. The highest BCUT2D eigenvalue weighted by atomic mass is 32.2. The van der Waals surface area contributed by atoms with Gasteiger partial charge >= 0.3 is 0 Å². The molecule has 0 aliphatic rings. The standard InChI is InChI=1S/C10H12N8S/c1-18-9-6(4-14-18)8(17-11)15-7(16-9)5-19-10-12-2-3-13-10/h2-4H,5,11H2,1H3,(H,12,13)(H,15,16,17). The average molecular weight is 276 g/mol. The number of H-pyrrole nitrogens is 1. The van der Waals surface area contributed by atoms with Crippen LogP contribution in [0.4, 0.5) is 5.82 Å². The van der Waals surface area contributed by atoms with E-state index in [2.05, 4.69) is 30.5 Å². The molecule has 0 fully saturated rings. The fraction of sp³-hybridized carbons (Fsp3) is 0.200. The average Bonchev–Trinajstić information content (AvgIpc) is 3.06. The predicted octanol–water partition coefficient (Wildman–Crippen LogP) is 0.664. The van der Waals surface area contributed by atoms with Gasteiger partial charge in [-0.1, -0.05) is 11.8 Å². The molecule has 3 heterocycles. The van der Waals surface area contributed by atoms with Gasteiger partial charge < -0.3 is 10.4 Å². The number of aryl methyl sites for hydroxylation is 1. The van der Waals surface area contributed by atoms with Crippen molar-refractivity contribution in [2.24, 2.45) is 12.9 Å². The highest BCUT2D eigenvalue weighted by molar-refractivity contribution is 7.98. The van der Waals surface area contributed by atoms with Crippen molar-refractivity contribution >= 4 is 28.6 Å². The number of hydrogen-bond donors (Lipinski definition) is 3. The van der Waals surface area contributed by atoms with E-state index in [0.29, 0.717) is 17.4 Å². The van der Waals surface area contributed by atoms with Crippen LogP contribution in [0.25, 0.3) is 11.0 Å². The van der Waals surface area contributed by atoms with Crippen LogP contribution in [0.1, 0.15) is 5.82 Å². The number of imidazole rings is 1. The summed E-state index contributed by atoms with van der Waals surface area (Å²) < 4.78 is 1.69. The second-order valence-electron chi connectivity index (χ2n) is 3.82. The van der Waals surface area contributed by atoms with E-state index in [9.17, 15) is 0 Å². The van der Waals surface area contributed by atoms with E-state index in [-0.39, 0.29) is 0 Å². The third kappa shape index (κ3) is 2.25. The summed E-state index contributed by atoms with van der Waals surface area (Å²) >= 11 is 1.53. The monoisotopic (exact) mass is 276 g/mol. The molecule has 0 saturated heterocycles. The van der Waals surface area contributed by atoms with Gasteiger partial charge in [0.25, 0.3) is 0 Å². The summed E-state index contributed by atoms with van der Waals surface area (Å²) in [5.74, 6) is 7.33. The van der Waals surface area contributed by atoms with Gasteiger partial charge in [-0.25, -0.2) is 20.8 Å². The van der Waals surface area contributed by atoms with Crippen LogP contribution in [0, 0.1) is 0 Å². The van der Waals surface area contributed by atoms with Crippen LogP contribution >= 0.6 is 11.8 Å². The quantitative estimate of drug-likeness (QED) is 0.365. The van der Waals surface area contributed by atoms with Gasteiger partial charge in [0.15, 0.2) is 16.6 Å². The Bertz CT molecular complexity index is 689. The first kappa shape index (κ1) is 11.9. The maximum atomic E-state index is 5.48. The first-order valence-corrected chi connectivity index (χ1v) is 6.54. The summed E-state index contributed by atoms with van der Waals surface area (Å²) in [6.07, 6.45) is 5.18. The van der Waals surface area contributed by atoms with Crippen LogP contribution in [0.15, 0.2) is 23.7 Å². The van der Waals surface area contributed by atoms with Gasteiger partial charge in [0, 0.05) is 19.4 Å². The highest BCUT2D eigenvalue weighted by Gasteiger charge is 2.11. The van der Waals surface area contributed by atoms with Gasteiger partial charge in [-0.05, 0) is 0 Å². The molecule has 0 saturated carbocycles. The molecule has 0 bridgehead atoms. The molecule has 0 aliphatic heterocycles. The molecule has 0 aliphatic carbocycles. The Hall–Kier alpha value is -2.13. The second kappa shape index (κ2) is 4.86. The molecule has 9 heteroatoms. The number of nitrogen functional groups attached to an aromatic ring is 1. The van der Waals surface area contributed by atoms with Crippen LogP contribution in [0.3, 0.4) is 0 Å². The van der Waals surface area contributed by atoms with Crippen molar-refractivity contribution in [2.75, 3.05) is 5.43 Å². The van der Waals surface area contributed by atoms with Crippen LogP contribution in [-0.2, 0) is 12.8 Å². The van der Waals surface area contributed by atoms with Gasteiger partial charge in [0.1, 0.15) is 5.82 Å². The van der Waals surface area contributed by atoms with Gasteiger partial charge in [0.2, 0.25) is 0 Å². The number of nitrogens with one attached hydrogen (secondary N) is 2. The molecule has 4 N–H and O–H groups in total. The van der Waals surface area contributed by atoms with Gasteiger partial charge in [0.05, 0.1) is 17.3 Å².